The number of carbonyl (C=O) groups excluding carboxylic acids is 1. The zero-order chi connectivity index (χ0) is 12.3. The van der Waals surface area contributed by atoms with Gasteiger partial charge in [-0.05, 0) is 16.7 Å². The summed E-state index contributed by atoms with van der Waals surface area (Å²) < 4.78 is 0. The van der Waals surface area contributed by atoms with Gasteiger partial charge in [0.25, 0.3) is 0 Å². The summed E-state index contributed by atoms with van der Waals surface area (Å²) in [7, 11) is 0. The van der Waals surface area contributed by atoms with Crippen LogP contribution in [0.3, 0.4) is 0 Å². The van der Waals surface area contributed by atoms with Gasteiger partial charge in [0.2, 0.25) is 0 Å². The van der Waals surface area contributed by atoms with E-state index in [1.165, 1.54) is 0 Å². The summed E-state index contributed by atoms with van der Waals surface area (Å²) in [5.74, 6) is -1.61. The van der Waals surface area contributed by atoms with Gasteiger partial charge in [0.15, 0.2) is 0 Å². The minimum atomic E-state index is -1.04. The Balaban J connectivity index is 2.28. The van der Waals surface area contributed by atoms with Crippen molar-refractivity contribution in [2.75, 3.05) is 0 Å². The Kier molecular flexibility index (Phi) is 3.24. The molecule has 2 heteroatoms. The molecule has 0 aliphatic carbocycles. The normalized spacial score (nSPS) is 12.1. The van der Waals surface area contributed by atoms with Crippen LogP contribution < -0.4 is 5.11 Å². The molecule has 0 aliphatic heterocycles. The summed E-state index contributed by atoms with van der Waals surface area (Å²) in [6.07, 6.45) is 0. The summed E-state index contributed by atoms with van der Waals surface area (Å²) in [6, 6.07) is 17.5. The largest absolute Gasteiger partial charge is 0.550 e. The van der Waals surface area contributed by atoms with E-state index in [-0.39, 0.29) is 0 Å². The van der Waals surface area contributed by atoms with E-state index in [4.69, 9.17) is 0 Å². The topological polar surface area (TPSA) is 40.1 Å². The molecule has 0 spiro atoms. The van der Waals surface area contributed by atoms with Crippen molar-refractivity contribution in [3.05, 3.63) is 60.2 Å². The molecular weight excluding hydrogens is 212 g/mol. The van der Waals surface area contributed by atoms with Crippen LogP contribution in [-0.2, 0) is 4.79 Å². The zero-order valence-corrected chi connectivity index (χ0v) is 9.59. The van der Waals surface area contributed by atoms with Gasteiger partial charge in [-0.15, -0.1) is 0 Å². The maximum absolute atomic E-state index is 10.7. The maximum atomic E-state index is 10.7. The molecule has 0 amide bonds. The summed E-state index contributed by atoms with van der Waals surface area (Å²) in [6.45, 7) is 1.63. The average Bonchev–Trinajstić information content (AvgIpc) is 2.39. The van der Waals surface area contributed by atoms with E-state index >= 15 is 0 Å². The number of aliphatic carboxylic acids is 1. The van der Waals surface area contributed by atoms with E-state index in [9.17, 15) is 9.90 Å². The smallest absolute Gasteiger partial charge is 0.0486 e. The molecule has 0 aromatic heterocycles. The molecule has 0 aliphatic rings. The summed E-state index contributed by atoms with van der Waals surface area (Å²) >= 11 is 0. The highest BCUT2D eigenvalue weighted by molar-refractivity contribution is 5.74. The van der Waals surface area contributed by atoms with Crippen molar-refractivity contribution in [3.8, 4) is 11.1 Å². The Labute approximate surface area is 101 Å². The van der Waals surface area contributed by atoms with E-state index in [0.29, 0.717) is 0 Å². The highest BCUT2D eigenvalue weighted by atomic mass is 16.4. The van der Waals surface area contributed by atoms with Crippen LogP contribution in [0.25, 0.3) is 11.1 Å². The average molecular weight is 225 g/mol. The Morgan fingerprint density at radius 1 is 0.941 bits per heavy atom. The van der Waals surface area contributed by atoms with Gasteiger partial charge in [-0.1, -0.05) is 61.5 Å². The van der Waals surface area contributed by atoms with Crippen molar-refractivity contribution < 1.29 is 9.90 Å². The second kappa shape index (κ2) is 4.83. The van der Waals surface area contributed by atoms with Crippen LogP contribution >= 0.6 is 0 Å². The van der Waals surface area contributed by atoms with Crippen LogP contribution in [0.2, 0.25) is 0 Å². The molecule has 1 atom stereocenters. The van der Waals surface area contributed by atoms with Crippen molar-refractivity contribution in [1.82, 2.24) is 0 Å². The predicted molar refractivity (Wildman–Crippen MR) is 65.3 cm³/mol. The van der Waals surface area contributed by atoms with Gasteiger partial charge >= 0.3 is 0 Å². The third-order valence-electron chi connectivity index (χ3n) is 2.87. The molecule has 2 nitrogen and oxygen atoms in total. The lowest BCUT2D eigenvalue weighted by molar-refractivity contribution is -0.307. The molecule has 86 valence electrons. The molecule has 0 bridgehead atoms. The van der Waals surface area contributed by atoms with E-state index in [1.54, 1.807) is 6.92 Å². The van der Waals surface area contributed by atoms with Gasteiger partial charge in [0, 0.05) is 11.9 Å². The van der Waals surface area contributed by atoms with Crippen molar-refractivity contribution in [3.63, 3.8) is 0 Å². The Morgan fingerprint density at radius 3 is 2.00 bits per heavy atom. The number of hydrogen-bond acceptors (Lipinski definition) is 2. The van der Waals surface area contributed by atoms with Gasteiger partial charge < -0.3 is 9.90 Å². The first kappa shape index (κ1) is 11.4. The zero-order valence-electron chi connectivity index (χ0n) is 9.59. The Hall–Kier alpha value is -2.09. The van der Waals surface area contributed by atoms with Gasteiger partial charge in [-0.25, -0.2) is 0 Å². The van der Waals surface area contributed by atoms with Crippen LogP contribution in [0.4, 0.5) is 0 Å². The maximum Gasteiger partial charge on any atom is 0.0486 e. The molecule has 2 rings (SSSR count). The van der Waals surface area contributed by atoms with Gasteiger partial charge in [-0.3, -0.25) is 0 Å². The Morgan fingerprint density at radius 2 is 1.47 bits per heavy atom. The fourth-order valence-corrected chi connectivity index (χ4v) is 1.73. The molecule has 0 heterocycles. The number of rotatable bonds is 3. The van der Waals surface area contributed by atoms with E-state index < -0.39 is 11.9 Å². The van der Waals surface area contributed by atoms with Crippen molar-refractivity contribution in [2.24, 2.45) is 0 Å². The van der Waals surface area contributed by atoms with Crippen molar-refractivity contribution in [1.29, 1.82) is 0 Å². The molecule has 2 aromatic rings. The Bertz CT molecular complexity index is 500. The minimum Gasteiger partial charge on any atom is -0.550 e. The highest BCUT2D eigenvalue weighted by Gasteiger charge is 2.06. The third kappa shape index (κ3) is 2.53. The quantitative estimate of drug-likeness (QED) is 0.803. The predicted octanol–water partition coefficient (Wildman–Crippen LogP) is 2.21. The van der Waals surface area contributed by atoms with Crippen molar-refractivity contribution in [2.45, 2.75) is 12.8 Å². The van der Waals surface area contributed by atoms with Crippen LogP contribution in [0.15, 0.2) is 54.6 Å². The van der Waals surface area contributed by atoms with Gasteiger partial charge in [0.05, 0.1) is 0 Å². The molecular formula is C15H13O2-. The summed E-state index contributed by atoms with van der Waals surface area (Å²) in [5, 5.41) is 10.7. The van der Waals surface area contributed by atoms with Crippen molar-refractivity contribution >= 4 is 5.97 Å². The lowest BCUT2D eigenvalue weighted by atomic mass is 9.98. The van der Waals surface area contributed by atoms with Crippen LogP contribution in [0.5, 0.6) is 0 Å². The van der Waals surface area contributed by atoms with Gasteiger partial charge in [0.1, 0.15) is 0 Å². The fourth-order valence-electron chi connectivity index (χ4n) is 1.73. The van der Waals surface area contributed by atoms with Crippen LogP contribution in [-0.4, -0.2) is 5.97 Å². The second-order valence-electron chi connectivity index (χ2n) is 4.03. The fraction of sp³-hybridized carbons (Fsp3) is 0.133. The molecule has 0 saturated carbocycles. The third-order valence-corrected chi connectivity index (χ3v) is 2.87. The van der Waals surface area contributed by atoms with Gasteiger partial charge in [-0.2, -0.15) is 0 Å². The lowest BCUT2D eigenvalue weighted by Gasteiger charge is -2.13. The first-order valence-electron chi connectivity index (χ1n) is 5.54. The first-order chi connectivity index (χ1) is 8.18. The standard InChI is InChI=1S/C15H14O2/c1-11(15(16)17)12-7-9-14(10-8-12)13-5-3-2-4-6-13/h2-11H,1H3,(H,16,17)/p-1. The molecule has 0 radical (unpaired) electrons. The molecule has 0 saturated heterocycles. The number of benzene rings is 2. The highest BCUT2D eigenvalue weighted by Crippen LogP contribution is 2.22. The number of carbonyl (C=O) groups is 1. The molecule has 17 heavy (non-hydrogen) atoms. The first-order valence-corrected chi connectivity index (χ1v) is 5.54. The SMILES string of the molecule is CC(C(=O)[O-])c1ccc(-c2ccccc2)cc1. The number of hydrogen-bond donors (Lipinski definition) is 0. The summed E-state index contributed by atoms with van der Waals surface area (Å²) in [4.78, 5) is 10.7. The van der Waals surface area contributed by atoms with E-state index in [2.05, 4.69) is 0 Å². The second-order valence-corrected chi connectivity index (χ2v) is 4.03. The monoisotopic (exact) mass is 225 g/mol. The lowest BCUT2D eigenvalue weighted by Crippen LogP contribution is -2.27. The molecule has 0 fully saturated rings. The molecule has 2 aromatic carbocycles. The number of carboxylic acid groups (broad SMARTS) is 1. The minimum absolute atomic E-state index is 0.570. The van der Waals surface area contributed by atoms with Crippen LogP contribution in [0.1, 0.15) is 18.4 Å². The molecule has 0 N–H and O–H groups in total. The molecule has 1 unspecified atom stereocenters. The summed E-state index contributed by atoms with van der Waals surface area (Å²) in [5.41, 5.74) is 2.98. The van der Waals surface area contributed by atoms with E-state index in [1.807, 2.05) is 54.6 Å². The van der Waals surface area contributed by atoms with Crippen LogP contribution in [0, 0.1) is 0 Å². The van der Waals surface area contributed by atoms with E-state index in [0.717, 1.165) is 16.7 Å². The number of carboxylic acids is 1.